The Hall–Kier alpha value is -1.09. The second kappa shape index (κ2) is 6.13. The largest absolute Gasteiger partial charge is 0.357 e. The van der Waals surface area contributed by atoms with E-state index in [0.29, 0.717) is 6.04 Å². The summed E-state index contributed by atoms with van der Waals surface area (Å²) in [5, 5.41) is 0. The van der Waals surface area contributed by atoms with Gasteiger partial charge in [-0.1, -0.05) is 19.9 Å². The Kier molecular flexibility index (Phi) is 4.25. The van der Waals surface area contributed by atoms with Gasteiger partial charge >= 0.3 is 0 Å². The lowest BCUT2D eigenvalue weighted by Crippen LogP contribution is -2.27. The average Bonchev–Trinajstić information content (AvgIpc) is 3.09. The van der Waals surface area contributed by atoms with Gasteiger partial charge in [-0.2, -0.15) is 0 Å². The molecule has 1 unspecified atom stereocenters. The predicted molar refractivity (Wildman–Crippen MR) is 84.1 cm³/mol. The van der Waals surface area contributed by atoms with Gasteiger partial charge in [0.1, 0.15) is 5.82 Å². The van der Waals surface area contributed by atoms with Crippen LogP contribution in [0.25, 0.3) is 0 Å². The summed E-state index contributed by atoms with van der Waals surface area (Å²) >= 11 is 0. The number of pyridine rings is 1. The van der Waals surface area contributed by atoms with Crippen molar-refractivity contribution in [2.75, 3.05) is 31.1 Å². The van der Waals surface area contributed by atoms with E-state index >= 15 is 0 Å². The molecule has 1 atom stereocenters. The second-order valence-corrected chi connectivity index (χ2v) is 6.69. The molecule has 0 saturated carbocycles. The highest BCUT2D eigenvalue weighted by molar-refractivity contribution is 5.40. The van der Waals surface area contributed by atoms with Crippen molar-refractivity contribution in [2.24, 2.45) is 5.92 Å². The SMILES string of the molecule is CC(C)CN1CCCC1c1ccc(N2CCCC2)nc1. The molecule has 2 aliphatic rings. The highest BCUT2D eigenvalue weighted by Crippen LogP contribution is 2.32. The number of hydrogen-bond donors (Lipinski definition) is 0. The molecule has 2 saturated heterocycles. The molecule has 0 spiro atoms. The van der Waals surface area contributed by atoms with Crippen LogP contribution in [0.1, 0.15) is 51.1 Å². The first-order valence-electron chi connectivity index (χ1n) is 8.19. The minimum Gasteiger partial charge on any atom is -0.357 e. The summed E-state index contributed by atoms with van der Waals surface area (Å²) in [6.45, 7) is 9.42. The van der Waals surface area contributed by atoms with E-state index in [-0.39, 0.29) is 0 Å². The molecule has 110 valence electrons. The van der Waals surface area contributed by atoms with Crippen molar-refractivity contribution < 1.29 is 0 Å². The molecule has 0 amide bonds. The summed E-state index contributed by atoms with van der Waals surface area (Å²) in [6.07, 6.45) is 7.36. The Morgan fingerprint density at radius 2 is 1.95 bits per heavy atom. The van der Waals surface area contributed by atoms with E-state index in [1.807, 2.05) is 0 Å². The van der Waals surface area contributed by atoms with Crippen LogP contribution >= 0.6 is 0 Å². The molecule has 0 radical (unpaired) electrons. The molecule has 3 rings (SSSR count). The smallest absolute Gasteiger partial charge is 0.128 e. The van der Waals surface area contributed by atoms with Crippen LogP contribution < -0.4 is 4.90 Å². The van der Waals surface area contributed by atoms with Crippen molar-refractivity contribution in [1.82, 2.24) is 9.88 Å². The van der Waals surface area contributed by atoms with E-state index < -0.39 is 0 Å². The molecular formula is C17H27N3. The van der Waals surface area contributed by atoms with Crippen molar-refractivity contribution in [3.05, 3.63) is 23.9 Å². The van der Waals surface area contributed by atoms with Gasteiger partial charge in [0.15, 0.2) is 0 Å². The minimum atomic E-state index is 0.595. The Labute approximate surface area is 123 Å². The van der Waals surface area contributed by atoms with Crippen LogP contribution in [0.2, 0.25) is 0 Å². The maximum atomic E-state index is 4.72. The molecule has 3 nitrogen and oxygen atoms in total. The minimum absolute atomic E-state index is 0.595. The van der Waals surface area contributed by atoms with Gasteiger partial charge in [0, 0.05) is 31.9 Å². The van der Waals surface area contributed by atoms with Crippen LogP contribution in [0.4, 0.5) is 5.82 Å². The van der Waals surface area contributed by atoms with Gasteiger partial charge in [-0.15, -0.1) is 0 Å². The standard InChI is InChI=1S/C17H27N3/c1-14(2)13-20-11-5-6-16(20)15-7-8-17(18-12-15)19-9-3-4-10-19/h7-8,12,14,16H,3-6,9-11,13H2,1-2H3. The Morgan fingerprint density at radius 3 is 2.60 bits per heavy atom. The molecule has 0 aromatic carbocycles. The van der Waals surface area contributed by atoms with E-state index in [1.165, 1.54) is 63.2 Å². The maximum Gasteiger partial charge on any atom is 0.128 e. The van der Waals surface area contributed by atoms with E-state index in [4.69, 9.17) is 4.98 Å². The van der Waals surface area contributed by atoms with E-state index in [1.54, 1.807) is 0 Å². The lowest BCUT2D eigenvalue weighted by molar-refractivity contribution is 0.228. The summed E-state index contributed by atoms with van der Waals surface area (Å²) in [7, 11) is 0. The zero-order valence-electron chi connectivity index (χ0n) is 12.9. The number of anilines is 1. The Bertz CT molecular complexity index is 420. The fourth-order valence-electron chi connectivity index (χ4n) is 3.62. The third-order valence-corrected chi connectivity index (χ3v) is 4.55. The molecule has 1 aromatic rings. The molecule has 20 heavy (non-hydrogen) atoms. The fraction of sp³-hybridized carbons (Fsp3) is 0.706. The van der Waals surface area contributed by atoms with Gasteiger partial charge < -0.3 is 4.90 Å². The summed E-state index contributed by atoms with van der Waals surface area (Å²) < 4.78 is 0. The van der Waals surface area contributed by atoms with Crippen LogP contribution in [-0.2, 0) is 0 Å². The van der Waals surface area contributed by atoms with Crippen molar-refractivity contribution in [3.8, 4) is 0 Å². The number of rotatable bonds is 4. The molecule has 0 bridgehead atoms. The van der Waals surface area contributed by atoms with Gasteiger partial charge in [-0.25, -0.2) is 4.98 Å². The van der Waals surface area contributed by atoms with Crippen LogP contribution in [0.5, 0.6) is 0 Å². The maximum absolute atomic E-state index is 4.72. The molecular weight excluding hydrogens is 246 g/mol. The first-order chi connectivity index (χ1) is 9.74. The van der Waals surface area contributed by atoms with Gasteiger partial charge in [-0.05, 0) is 49.8 Å². The van der Waals surface area contributed by atoms with Crippen molar-refractivity contribution in [2.45, 2.75) is 45.6 Å². The van der Waals surface area contributed by atoms with Crippen molar-refractivity contribution in [1.29, 1.82) is 0 Å². The van der Waals surface area contributed by atoms with E-state index in [2.05, 4.69) is 42.0 Å². The van der Waals surface area contributed by atoms with Crippen LogP contribution in [0.3, 0.4) is 0 Å². The fourth-order valence-corrected chi connectivity index (χ4v) is 3.62. The van der Waals surface area contributed by atoms with Gasteiger partial charge in [0.25, 0.3) is 0 Å². The molecule has 2 aliphatic heterocycles. The first-order valence-corrected chi connectivity index (χ1v) is 8.19. The van der Waals surface area contributed by atoms with E-state index in [0.717, 1.165) is 5.92 Å². The zero-order valence-corrected chi connectivity index (χ0v) is 12.9. The Morgan fingerprint density at radius 1 is 1.15 bits per heavy atom. The molecule has 3 heteroatoms. The summed E-state index contributed by atoms with van der Waals surface area (Å²) in [5.74, 6) is 1.91. The topological polar surface area (TPSA) is 19.4 Å². The molecule has 2 fully saturated rings. The summed E-state index contributed by atoms with van der Waals surface area (Å²) in [6, 6.07) is 5.13. The molecule has 1 aromatic heterocycles. The highest BCUT2D eigenvalue weighted by Gasteiger charge is 2.26. The number of likely N-dealkylation sites (tertiary alicyclic amines) is 1. The van der Waals surface area contributed by atoms with Gasteiger partial charge in [0.2, 0.25) is 0 Å². The molecule has 3 heterocycles. The monoisotopic (exact) mass is 273 g/mol. The van der Waals surface area contributed by atoms with E-state index in [9.17, 15) is 0 Å². The lowest BCUT2D eigenvalue weighted by atomic mass is 10.1. The second-order valence-electron chi connectivity index (χ2n) is 6.69. The third kappa shape index (κ3) is 2.98. The number of aromatic nitrogens is 1. The Balaban J connectivity index is 1.70. The van der Waals surface area contributed by atoms with Crippen molar-refractivity contribution >= 4 is 5.82 Å². The van der Waals surface area contributed by atoms with Crippen molar-refractivity contribution in [3.63, 3.8) is 0 Å². The van der Waals surface area contributed by atoms with Crippen LogP contribution in [-0.4, -0.2) is 36.1 Å². The van der Waals surface area contributed by atoms with Crippen LogP contribution in [0, 0.1) is 5.92 Å². The normalized spacial score (nSPS) is 23.9. The lowest BCUT2D eigenvalue weighted by Gasteiger charge is -2.26. The summed E-state index contributed by atoms with van der Waals surface area (Å²) in [5.41, 5.74) is 1.41. The van der Waals surface area contributed by atoms with Gasteiger partial charge in [-0.3, -0.25) is 4.90 Å². The summed E-state index contributed by atoms with van der Waals surface area (Å²) in [4.78, 5) is 9.76. The first kappa shape index (κ1) is 13.9. The number of nitrogens with zero attached hydrogens (tertiary/aromatic N) is 3. The number of hydrogen-bond acceptors (Lipinski definition) is 3. The average molecular weight is 273 g/mol. The quantitative estimate of drug-likeness (QED) is 0.837. The third-order valence-electron chi connectivity index (χ3n) is 4.55. The van der Waals surface area contributed by atoms with Gasteiger partial charge in [0.05, 0.1) is 0 Å². The zero-order chi connectivity index (χ0) is 13.9. The predicted octanol–water partition coefficient (Wildman–Crippen LogP) is 3.47. The molecule has 0 aliphatic carbocycles. The molecule has 0 N–H and O–H groups in total. The van der Waals surface area contributed by atoms with Crippen LogP contribution in [0.15, 0.2) is 18.3 Å². The highest BCUT2D eigenvalue weighted by atomic mass is 15.2.